The van der Waals surface area contributed by atoms with Crippen LogP contribution in [0.15, 0.2) is 47.8 Å². The Balaban J connectivity index is 1.63. The fourth-order valence-corrected chi connectivity index (χ4v) is 3.19. The van der Waals surface area contributed by atoms with Gasteiger partial charge in [0.2, 0.25) is 0 Å². The van der Waals surface area contributed by atoms with Gasteiger partial charge in [-0.3, -0.25) is 4.79 Å². The summed E-state index contributed by atoms with van der Waals surface area (Å²) < 4.78 is 42.1. The summed E-state index contributed by atoms with van der Waals surface area (Å²) in [5, 5.41) is 11.7. The maximum Gasteiger partial charge on any atom is 0.434 e. The zero-order valence-electron chi connectivity index (χ0n) is 16.0. The number of hydrazone groups is 1. The Kier molecular flexibility index (Phi) is 5.38. The minimum atomic E-state index is -4.81. The monoisotopic (exact) mass is 449 g/mol. The van der Waals surface area contributed by atoms with E-state index in [-0.39, 0.29) is 22.2 Å². The summed E-state index contributed by atoms with van der Waals surface area (Å²) in [6.45, 7) is 2.31. The molecule has 0 radical (unpaired) electrons. The van der Waals surface area contributed by atoms with Crippen LogP contribution in [0.3, 0.4) is 0 Å². The van der Waals surface area contributed by atoms with E-state index in [4.69, 9.17) is 11.6 Å². The molecule has 0 aliphatic carbocycles. The van der Waals surface area contributed by atoms with Crippen molar-refractivity contribution in [1.29, 1.82) is 0 Å². The SMILES string of the molecule is Cc1ccc(-n2ncc(C(=O)Nc3cnc(N4N=CCN4)c(Cl)c3)c2C(F)(F)F)cc1. The van der Waals surface area contributed by atoms with Crippen LogP contribution in [0.5, 0.6) is 0 Å². The molecule has 12 heteroatoms. The molecular formula is C19H15ClF3N7O. The van der Waals surface area contributed by atoms with Gasteiger partial charge in [-0.1, -0.05) is 29.3 Å². The van der Waals surface area contributed by atoms with Gasteiger partial charge in [-0.25, -0.2) is 15.1 Å². The van der Waals surface area contributed by atoms with Crippen molar-refractivity contribution in [3.8, 4) is 5.69 Å². The van der Waals surface area contributed by atoms with Gasteiger partial charge in [-0.05, 0) is 25.1 Å². The lowest BCUT2D eigenvalue weighted by atomic mass is 10.2. The lowest BCUT2D eigenvalue weighted by Gasteiger charge is -2.15. The van der Waals surface area contributed by atoms with E-state index in [1.54, 1.807) is 18.3 Å². The minimum Gasteiger partial charge on any atom is -0.320 e. The number of rotatable bonds is 4. The molecule has 2 N–H and O–H groups in total. The number of nitrogens with zero attached hydrogens (tertiary/aromatic N) is 5. The van der Waals surface area contributed by atoms with Gasteiger partial charge in [-0.2, -0.15) is 28.5 Å². The first-order valence-electron chi connectivity index (χ1n) is 8.99. The third kappa shape index (κ3) is 4.23. The van der Waals surface area contributed by atoms with E-state index in [1.807, 2.05) is 6.92 Å². The standard InChI is InChI=1S/C19H15ClF3N7O/c1-11-2-4-13(5-3-11)29-16(19(21,22)23)14(10-27-29)18(31)28-12-8-15(20)17(24-9-12)30-25-6-7-26-30/h2-6,8-10,26H,7H2,1H3,(H,28,31). The summed E-state index contributed by atoms with van der Waals surface area (Å²) in [4.78, 5) is 16.8. The van der Waals surface area contributed by atoms with Crippen LogP contribution in [-0.2, 0) is 6.18 Å². The highest BCUT2D eigenvalue weighted by atomic mass is 35.5. The van der Waals surface area contributed by atoms with Crippen LogP contribution in [0, 0.1) is 6.92 Å². The second kappa shape index (κ2) is 8.00. The molecule has 0 saturated carbocycles. The van der Waals surface area contributed by atoms with Crippen molar-refractivity contribution in [2.45, 2.75) is 13.1 Å². The number of hydrogen-bond donors (Lipinski definition) is 2. The third-order valence-corrected chi connectivity index (χ3v) is 4.65. The fourth-order valence-electron chi connectivity index (χ4n) is 2.94. The second-order valence-corrected chi connectivity index (χ2v) is 7.01. The molecule has 31 heavy (non-hydrogen) atoms. The molecular weight excluding hydrogens is 435 g/mol. The van der Waals surface area contributed by atoms with Crippen molar-refractivity contribution in [1.82, 2.24) is 20.2 Å². The fraction of sp³-hybridized carbons (Fsp3) is 0.158. The molecule has 3 aromatic rings. The van der Waals surface area contributed by atoms with Gasteiger partial charge in [0.25, 0.3) is 5.91 Å². The Morgan fingerprint density at radius 3 is 2.58 bits per heavy atom. The maximum atomic E-state index is 13.8. The minimum absolute atomic E-state index is 0.123. The number of carbonyl (C=O) groups is 1. The van der Waals surface area contributed by atoms with Crippen LogP contribution in [0.25, 0.3) is 5.69 Å². The van der Waals surface area contributed by atoms with E-state index in [2.05, 4.69) is 25.9 Å². The first-order chi connectivity index (χ1) is 14.7. The number of hydrogen-bond acceptors (Lipinski definition) is 6. The lowest BCUT2D eigenvalue weighted by molar-refractivity contribution is -0.143. The molecule has 0 bridgehead atoms. The van der Waals surface area contributed by atoms with Gasteiger partial charge in [0.05, 0.1) is 40.9 Å². The molecule has 4 rings (SSSR count). The summed E-state index contributed by atoms with van der Waals surface area (Å²) in [6.07, 6.45) is -1.05. The number of anilines is 2. The summed E-state index contributed by atoms with van der Waals surface area (Å²) in [7, 11) is 0. The van der Waals surface area contributed by atoms with E-state index < -0.39 is 23.3 Å². The van der Waals surface area contributed by atoms with E-state index in [0.29, 0.717) is 11.2 Å². The summed E-state index contributed by atoms with van der Waals surface area (Å²) >= 11 is 6.17. The Morgan fingerprint density at radius 1 is 1.23 bits per heavy atom. The molecule has 8 nitrogen and oxygen atoms in total. The largest absolute Gasteiger partial charge is 0.434 e. The highest BCUT2D eigenvalue weighted by Gasteiger charge is 2.40. The van der Waals surface area contributed by atoms with Crippen LogP contribution < -0.4 is 15.9 Å². The predicted molar refractivity (Wildman–Crippen MR) is 109 cm³/mol. The first-order valence-corrected chi connectivity index (χ1v) is 9.37. The second-order valence-electron chi connectivity index (χ2n) is 6.61. The number of aryl methyl sites for hydroxylation is 1. The van der Waals surface area contributed by atoms with Crippen molar-refractivity contribution in [2.75, 3.05) is 17.0 Å². The van der Waals surface area contributed by atoms with Crippen LogP contribution in [0.4, 0.5) is 24.7 Å². The van der Waals surface area contributed by atoms with Crippen molar-refractivity contribution >= 4 is 35.2 Å². The number of hydrazine groups is 1. The third-order valence-electron chi connectivity index (χ3n) is 4.37. The number of aromatic nitrogens is 3. The van der Waals surface area contributed by atoms with Crippen LogP contribution in [0.1, 0.15) is 21.6 Å². The topological polar surface area (TPSA) is 87.4 Å². The number of alkyl halides is 3. The maximum absolute atomic E-state index is 13.8. The molecule has 1 aliphatic heterocycles. The number of halogens is 4. The first kappa shape index (κ1) is 20.8. The molecule has 1 amide bonds. The average molecular weight is 450 g/mol. The molecule has 2 aromatic heterocycles. The molecule has 0 atom stereocenters. The molecule has 160 valence electrons. The van der Waals surface area contributed by atoms with Gasteiger partial charge in [0.15, 0.2) is 11.5 Å². The predicted octanol–water partition coefficient (Wildman–Crippen LogP) is 3.81. The zero-order chi connectivity index (χ0) is 22.2. The lowest BCUT2D eigenvalue weighted by Crippen LogP contribution is -2.29. The highest BCUT2D eigenvalue weighted by Crippen LogP contribution is 2.34. The normalized spacial score (nSPS) is 13.6. The number of amides is 1. The molecule has 3 heterocycles. The molecule has 1 aliphatic rings. The van der Waals surface area contributed by atoms with Crippen LogP contribution >= 0.6 is 11.6 Å². The van der Waals surface area contributed by atoms with Crippen LogP contribution in [0.2, 0.25) is 5.02 Å². The van der Waals surface area contributed by atoms with E-state index in [0.717, 1.165) is 11.8 Å². The molecule has 1 aromatic carbocycles. The van der Waals surface area contributed by atoms with Crippen molar-refractivity contribution in [2.24, 2.45) is 5.10 Å². The Labute approximate surface area is 179 Å². The van der Waals surface area contributed by atoms with Gasteiger partial charge < -0.3 is 5.32 Å². The quantitative estimate of drug-likeness (QED) is 0.632. The number of carbonyl (C=O) groups excluding carboxylic acids is 1. The van der Waals surface area contributed by atoms with Crippen molar-refractivity contribution in [3.63, 3.8) is 0 Å². The molecule has 0 saturated heterocycles. The van der Waals surface area contributed by atoms with Gasteiger partial charge in [-0.15, -0.1) is 0 Å². The smallest absolute Gasteiger partial charge is 0.320 e. The van der Waals surface area contributed by atoms with E-state index >= 15 is 0 Å². The Bertz CT molecular complexity index is 1160. The summed E-state index contributed by atoms with van der Waals surface area (Å²) in [5.74, 6) is -0.704. The molecule has 0 spiro atoms. The summed E-state index contributed by atoms with van der Waals surface area (Å²) in [6, 6.07) is 7.68. The Morgan fingerprint density at radius 2 is 1.97 bits per heavy atom. The number of nitrogens with one attached hydrogen (secondary N) is 2. The highest BCUT2D eigenvalue weighted by molar-refractivity contribution is 6.33. The van der Waals surface area contributed by atoms with Crippen molar-refractivity contribution in [3.05, 3.63) is 64.6 Å². The number of pyridine rings is 1. The van der Waals surface area contributed by atoms with Gasteiger partial charge in [0, 0.05) is 6.21 Å². The van der Waals surface area contributed by atoms with Gasteiger partial charge >= 0.3 is 6.18 Å². The van der Waals surface area contributed by atoms with Gasteiger partial charge in [0.1, 0.15) is 0 Å². The zero-order valence-corrected chi connectivity index (χ0v) is 16.7. The average Bonchev–Trinajstić information content (AvgIpc) is 3.38. The van der Waals surface area contributed by atoms with E-state index in [1.165, 1.54) is 29.5 Å². The van der Waals surface area contributed by atoms with E-state index in [9.17, 15) is 18.0 Å². The number of benzene rings is 1. The van der Waals surface area contributed by atoms with Crippen molar-refractivity contribution < 1.29 is 18.0 Å². The Hall–Kier alpha value is -3.44. The summed E-state index contributed by atoms with van der Waals surface area (Å²) in [5.41, 5.74) is 2.27. The van der Waals surface area contributed by atoms with Crippen LogP contribution in [-0.4, -0.2) is 33.4 Å². The molecule has 0 fully saturated rings. The molecule has 0 unspecified atom stereocenters.